The lowest BCUT2D eigenvalue weighted by molar-refractivity contribution is 0.0727. The van der Waals surface area contributed by atoms with Crippen LogP contribution in [-0.4, -0.2) is 42.7 Å². The van der Waals surface area contributed by atoms with Crippen LogP contribution < -0.4 is 9.47 Å². The highest BCUT2D eigenvalue weighted by molar-refractivity contribution is 5.94. The maximum Gasteiger partial charge on any atom is 0.254 e. The van der Waals surface area contributed by atoms with Gasteiger partial charge in [-0.15, -0.1) is 0 Å². The summed E-state index contributed by atoms with van der Waals surface area (Å²) >= 11 is 0. The van der Waals surface area contributed by atoms with Crippen molar-refractivity contribution in [2.75, 3.05) is 26.9 Å². The zero-order valence-corrected chi connectivity index (χ0v) is 18.3. The minimum atomic E-state index is -0.0796. The number of carbonyl (C=O) groups is 1. The van der Waals surface area contributed by atoms with Crippen molar-refractivity contribution in [3.63, 3.8) is 0 Å². The summed E-state index contributed by atoms with van der Waals surface area (Å²) in [5, 5.41) is 0. The summed E-state index contributed by atoms with van der Waals surface area (Å²) in [6.45, 7) is 3.05. The van der Waals surface area contributed by atoms with Crippen molar-refractivity contribution in [3.05, 3.63) is 89.7 Å². The van der Waals surface area contributed by atoms with Crippen LogP contribution in [0.25, 0.3) is 0 Å². The molecule has 32 heavy (non-hydrogen) atoms. The van der Waals surface area contributed by atoms with Crippen molar-refractivity contribution in [2.45, 2.75) is 19.5 Å². The van der Waals surface area contributed by atoms with Gasteiger partial charge in [-0.1, -0.05) is 24.3 Å². The third-order valence-corrected chi connectivity index (χ3v) is 5.46. The van der Waals surface area contributed by atoms with Gasteiger partial charge in [0.2, 0.25) is 0 Å². The molecule has 0 saturated carbocycles. The first kappa shape index (κ1) is 21.8. The molecule has 0 radical (unpaired) electrons. The van der Waals surface area contributed by atoms with Gasteiger partial charge in [-0.3, -0.25) is 9.78 Å². The number of nitrogens with zero attached hydrogens (tertiary/aromatic N) is 2. The summed E-state index contributed by atoms with van der Waals surface area (Å²) in [6.07, 6.45) is 2.78. The molecule has 1 saturated heterocycles. The molecule has 1 fully saturated rings. The Bertz CT molecular complexity index is 1020. The Kier molecular flexibility index (Phi) is 7.35. The largest absolute Gasteiger partial charge is 0.497 e. The normalized spacial score (nSPS) is 15.3. The molecule has 1 aliphatic heterocycles. The van der Waals surface area contributed by atoms with Crippen molar-refractivity contribution in [1.29, 1.82) is 0 Å². The van der Waals surface area contributed by atoms with Crippen LogP contribution in [0.2, 0.25) is 0 Å². The zero-order valence-electron chi connectivity index (χ0n) is 18.3. The molecule has 0 unspecified atom stereocenters. The van der Waals surface area contributed by atoms with E-state index in [1.54, 1.807) is 30.3 Å². The number of aromatic nitrogens is 1. The first-order valence-electron chi connectivity index (χ1n) is 10.8. The fourth-order valence-electron chi connectivity index (χ4n) is 3.71. The van der Waals surface area contributed by atoms with Crippen LogP contribution in [0, 0.1) is 5.92 Å². The monoisotopic (exact) mass is 432 g/mol. The van der Waals surface area contributed by atoms with Crippen LogP contribution in [0.15, 0.2) is 72.9 Å². The topological polar surface area (TPSA) is 60.9 Å². The molecular weight excluding hydrogens is 404 g/mol. The molecule has 0 bridgehead atoms. The highest BCUT2D eigenvalue weighted by atomic mass is 16.5. The fourth-order valence-corrected chi connectivity index (χ4v) is 3.71. The van der Waals surface area contributed by atoms with E-state index in [1.807, 2.05) is 54.6 Å². The van der Waals surface area contributed by atoms with E-state index >= 15 is 0 Å². The van der Waals surface area contributed by atoms with Gasteiger partial charge in [0.15, 0.2) is 0 Å². The molecule has 1 amide bonds. The lowest BCUT2D eigenvalue weighted by Gasteiger charge is -2.23. The highest BCUT2D eigenvalue weighted by Gasteiger charge is 2.19. The minimum absolute atomic E-state index is 0.0796. The molecule has 0 N–H and O–H groups in total. The quantitative estimate of drug-likeness (QED) is 0.503. The van der Waals surface area contributed by atoms with E-state index in [1.165, 1.54) is 0 Å². The first-order valence-corrected chi connectivity index (χ1v) is 10.8. The van der Waals surface area contributed by atoms with Crippen LogP contribution in [0.1, 0.15) is 28.0 Å². The SMILES string of the molecule is COc1cccc(C(=O)N(Cc2cccc(OC[C@@H]3CCOC3)c2)Cc2ccccn2)c1. The summed E-state index contributed by atoms with van der Waals surface area (Å²) in [7, 11) is 1.60. The van der Waals surface area contributed by atoms with Gasteiger partial charge in [0.1, 0.15) is 11.5 Å². The summed E-state index contributed by atoms with van der Waals surface area (Å²) in [5.41, 5.74) is 2.41. The predicted octanol–water partition coefficient (Wildman–Crippen LogP) is 4.35. The molecule has 1 aliphatic rings. The molecule has 0 spiro atoms. The average molecular weight is 433 g/mol. The summed E-state index contributed by atoms with van der Waals surface area (Å²) in [4.78, 5) is 19.6. The lowest BCUT2D eigenvalue weighted by Crippen LogP contribution is -2.30. The Hall–Kier alpha value is -3.38. The highest BCUT2D eigenvalue weighted by Crippen LogP contribution is 2.21. The van der Waals surface area contributed by atoms with E-state index in [4.69, 9.17) is 14.2 Å². The second-order valence-corrected chi connectivity index (χ2v) is 7.90. The van der Waals surface area contributed by atoms with Crippen LogP contribution in [-0.2, 0) is 17.8 Å². The molecule has 2 aromatic carbocycles. The van der Waals surface area contributed by atoms with Gasteiger partial charge in [0.05, 0.1) is 32.6 Å². The molecule has 2 heterocycles. The Morgan fingerprint density at radius 3 is 2.72 bits per heavy atom. The van der Waals surface area contributed by atoms with E-state index in [2.05, 4.69) is 4.98 Å². The number of rotatable bonds is 9. The number of hydrogen-bond acceptors (Lipinski definition) is 5. The van der Waals surface area contributed by atoms with Gasteiger partial charge >= 0.3 is 0 Å². The molecular formula is C26H28N2O4. The second-order valence-electron chi connectivity index (χ2n) is 7.90. The number of carbonyl (C=O) groups excluding carboxylic acids is 1. The van der Waals surface area contributed by atoms with Crippen LogP contribution in [0.5, 0.6) is 11.5 Å². The van der Waals surface area contributed by atoms with Crippen molar-refractivity contribution in [2.24, 2.45) is 5.92 Å². The molecule has 4 rings (SSSR count). The fraction of sp³-hybridized carbons (Fsp3) is 0.308. The number of benzene rings is 2. The molecule has 0 aliphatic carbocycles. The number of pyridine rings is 1. The summed E-state index contributed by atoms with van der Waals surface area (Å²) < 4.78 is 16.7. The standard InChI is InChI=1S/C26H28N2O4/c1-30-24-9-5-7-22(15-24)26(29)28(17-23-8-2-3-12-27-23)16-20-6-4-10-25(14-20)32-19-21-11-13-31-18-21/h2-10,12,14-15,21H,11,13,16-19H2,1H3/t21-/m1/s1. The van der Waals surface area contributed by atoms with Crippen LogP contribution in [0.4, 0.5) is 0 Å². The van der Waals surface area contributed by atoms with Gasteiger partial charge in [-0.05, 0) is 54.4 Å². The first-order chi connectivity index (χ1) is 15.7. The van der Waals surface area contributed by atoms with E-state index in [0.29, 0.717) is 36.9 Å². The summed E-state index contributed by atoms with van der Waals surface area (Å²) in [6, 6.07) is 20.9. The Morgan fingerprint density at radius 1 is 1.06 bits per heavy atom. The zero-order chi connectivity index (χ0) is 22.2. The van der Waals surface area contributed by atoms with Gasteiger partial charge in [0.25, 0.3) is 5.91 Å². The maximum absolute atomic E-state index is 13.4. The Labute approximate surface area is 188 Å². The lowest BCUT2D eigenvalue weighted by atomic mass is 10.1. The average Bonchev–Trinajstić information content (AvgIpc) is 3.37. The van der Waals surface area contributed by atoms with Crippen molar-refractivity contribution < 1.29 is 19.0 Å². The maximum atomic E-state index is 13.4. The predicted molar refractivity (Wildman–Crippen MR) is 122 cm³/mol. The molecule has 166 valence electrons. The van der Waals surface area contributed by atoms with Gasteiger partial charge < -0.3 is 19.1 Å². The van der Waals surface area contributed by atoms with Crippen molar-refractivity contribution >= 4 is 5.91 Å². The smallest absolute Gasteiger partial charge is 0.254 e. The van der Waals surface area contributed by atoms with Crippen molar-refractivity contribution in [1.82, 2.24) is 9.88 Å². The van der Waals surface area contributed by atoms with Crippen molar-refractivity contribution in [3.8, 4) is 11.5 Å². The van der Waals surface area contributed by atoms with E-state index in [-0.39, 0.29) is 5.91 Å². The van der Waals surface area contributed by atoms with Crippen LogP contribution >= 0.6 is 0 Å². The van der Waals surface area contributed by atoms with E-state index in [0.717, 1.165) is 36.6 Å². The number of hydrogen-bond donors (Lipinski definition) is 0. The molecule has 1 atom stereocenters. The van der Waals surface area contributed by atoms with Gasteiger partial charge in [-0.25, -0.2) is 0 Å². The molecule has 3 aromatic rings. The molecule has 1 aromatic heterocycles. The third-order valence-electron chi connectivity index (χ3n) is 5.46. The number of methoxy groups -OCH3 is 1. The molecule has 6 heteroatoms. The number of amides is 1. The van der Waals surface area contributed by atoms with Gasteiger partial charge in [0, 0.05) is 30.8 Å². The molecule has 6 nitrogen and oxygen atoms in total. The van der Waals surface area contributed by atoms with Crippen LogP contribution in [0.3, 0.4) is 0 Å². The van der Waals surface area contributed by atoms with Gasteiger partial charge in [-0.2, -0.15) is 0 Å². The Morgan fingerprint density at radius 2 is 1.94 bits per heavy atom. The number of ether oxygens (including phenoxy) is 3. The minimum Gasteiger partial charge on any atom is -0.497 e. The van der Waals surface area contributed by atoms with E-state index < -0.39 is 0 Å². The summed E-state index contributed by atoms with van der Waals surface area (Å²) in [5.74, 6) is 1.82. The third kappa shape index (κ3) is 5.86. The van der Waals surface area contributed by atoms with E-state index in [9.17, 15) is 4.79 Å². The second kappa shape index (κ2) is 10.8. The Balaban J connectivity index is 1.51.